The van der Waals surface area contributed by atoms with Crippen molar-refractivity contribution in [2.24, 2.45) is 0 Å². The Kier molecular flexibility index (Phi) is 5.41. The van der Waals surface area contributed by atoms with Crippen molar-refractivity contribution in [1.29, 1.82) is 0 Å². The third kappa shape index (κ3) is 3.68. The molecule has 0 aliphatic carbocycles. The van der Waals surface area contributed by atoms with Crippen LogP contribution in [0.4, 0.5) is 5.69 Å². The fourth-order valence-corrected chi connectivity index (χ4v) is 7.36. The molecule has 0 bridgehead atoms. The van der Waals surface area contributed by atoms with Crippen molar-refractivity contribution < 1.29 is 18.0 Å². The first-order valence-corrected chi connectivity index (χ1v) is 12.5. The van der Waals surface area contributed by atoms with Crippen molar-refractivity contribution in [2.75, 3.05) is 24.2 Å². The van der Waals surface area contributed by atoms with Gasteiger partial charge in [0.25, 0.3) is 0 Å². The van der Waals surface area contributed by atoms with E-state index in [0.29, 0.717) is 31.0 Å². The van der Waals surface area contributed by atoms with Crippen molar-refractivity contribution >= 4 is 39.3 Å². The van der Waals surface area contributed by atoms with E-state index in [1.807, 2.05) is 13.8 Å². The van der Waals surface area contributed by atoms with Gasteiger partial charge in [-0.2, -0.15) is 4.31 Å². The van der Waals surface area contributed by atoms with Crippen molar-refractivity contribution in [3.05, 3.63) is 23.8 Å². The molecule has 0 radical (unpaired) electrons. The number of thioether (sulfide) groups is 1. The molecule has 2 atom stereocenters. The van der Waals surface area contributed by atoms with E-state index in [-0.39, 0.29) is 21.6 Å². The minimum atomic E-state index is -3.58. The lowest BCUT2D eigenvalue weighted by Gasteiger charge is -2.30. The Hall–Kier alpha value is -1.58. The maximum Gasteiger partial charge on any atom is 0.248 e. The van der Waals surface area contributed by atoms with Crippen molar-refractivity contribution in [1.82, 2.24) is 9.21 Å². The molecule has 3 saturated heterocycles. The van der Waals surface area contributed by atoms with Gasteiger partial charge in [-0.1, -0.05) is 12.5 Å². The SMILES string of the molecule is Cc1ccc(S(=O)(=O)N2CCCCC2)cc1NC(=O)[C@H]1CS[C@]2(C)CCC(=O)N12. The summed E-state index contributed by atoms with van der Waals surface area (Å²) >= 11 is 1.64. The summed E-state index contributed by atoms with van der Waals surface area (Å²) in [5.41, 5.74) is 1.27. The lowest BCUT2D eigenvalue weighted by Crippen LogP contribution is -2.48. The highest BCUT2D eigenvalue weighted by molar-refractivity contribution is 8.01. The molecular weight excluding hydrogens is 410 g/mol. The van der Waals surface area contributed by atoms with Gasteiger partial charge in [0.05, 0.1) is 9.77 Å². The number of amides is 2. The summed E-state index contributed by atoms with van der Waals surface area (Å²) in [7, 11) is -3.58. The number of aryl methyl sites for hydroxylation is 1. The summed E-state index contributed by atoms with van der Waals surface area (Å²) in [4.78, 5) is 26.9. The minimum absolute atomic E-state index is 0.01000. The van der Waals surface area contributed by atoms with E-state index in [9.17, 15) is 18.0 Å². The Labute approximate surface area is 176 Å². The lowest BCUT2D eigenvalue weighted by molar-refractivity contribution is -0.135. The zero-order valence-corrected chi connectivity index (χ0v) is 18.4. The second kappa shape index (κ2) is 7.59. The summed E-state index contributed by atoms with van der Waals surface area (Å²) in [6.07, 6.45) is 4.01. The summed E-state index contributed by atoms with van der Waals surface area (Å²) in [5.74, 6) is 0.307. The van der Waals surface area contributed by atoms with E-state index in [1.54, 1.807) is 34.9 Å². The van der Waals surface area contributed by atoms with Crippen LogP contribution in [0.25, 0.3) is 0 Å². The third-order valence-electron chi connectivity index (χ3n) is 6.17. The number of carbonyl (C=O) groups excluding carboxylic acids is 2. The zero-order valence-electron chi connectivity index (χ0n) is 16.8. The van der Waals surface area contributed by atoms with Crippen LogP contribution in [0.5, 0.6) is 0 Å². The highest BCUT2D eigenvalue weighted by Gasteiger charge is 2.52. The molecule has 7 nitrogen and oxygen atoms in total. The summed E-state index contributed by atoms with van der Waals surface area (Å²) in [6.45, 7) is 4.91. The second-order valence-corrected chi connectivity index (χ2v) is 11.6. The van der Waals surface area contributed by atoms with Gasteiger partial charge in [-0.3, -0.25) is 9.59 Å². The molecule has 3 heterocycles. The normalized spacial score (nSPS) is 27.9. The van der Waals surface area contributed by atoms with E-state index in [0.717, 1.165) is 31.2 Å². The number of nitrogens with zero attached hydrogens (tertiary/aromatic N) is 2. The highest BCUT2D eigenvalue weighted by atomic mass is 32.2. The first-order chi connectivity index (χ1) is 13.7. The first kappa shape index (κ1) is 20.7. The number of fused-ring (bicyclic) bond motifs is 1. The average Bonchev–Trinajstić information content (AvgIpc) is 3.20. The molecule has 1 N–H and O–H groups in total. The van der Waals surface area contributed by atoms with Crippen molar-refractivity contribution in [3.8, 4) is 0 Å². The summed E-state index contributed by atoms with van der Waals surface area (Å²) < 4.78 is 27.5. The van der Waals surface area contributed by atoms with Crippen LogP contribution in [-0.4, -0.2) is 59.2 Å². The molecule has 29 heavy (non-hydrogen) atoms. The molecule has 9 heteroatoms. The number of benzene rings is 1. The van der Waals surface area contributed by atoms with E-state index < -0.39 is 16.1 Å². The molecule has 158 valence electrons. The van der Waals surface area contributed by atoms with Crippen LogP contribution in [0.15, 0.2) is 23.1 Å². The van der Waals surface area contributed by atoms with Crippen LogP contribution in [0.2, 0.25) is 0 Å². The molecule has 0 unspecified atom stereocenters. The molecule has 3 aliphatic rings. The molecule has 2 amide bonds. The van der Waals surface area contributed by atoms with Gasteiger partial charge in [0, 0.05) is 31.0 Å². The molecule has 0 spiro atoms. The lowest BCUT2D eigenvalue weighted by atomic mass is 10.1. The Morgan fingerprint density at radius 1 is 1.24 bits per heavy atom. The smallest absolute Gasteiger partial charge is 0.248 e. The van der Waals surface area contributed by atoms with Gasteiger partial charge in [-0.25, -0.2) is 8.42 Å². The van der Waals surface area contributed by atoms with E-state index >= 15 is 0 Å². The predicted molar refractivity (Wildman–Crippen MR) is 113 cm³/mol. The Morgan fingerprint density at radius 2 is 1.97 bits per heavy atom. The molecule has 1 aromatic carbocycles. The fourth-order valence-electron chi connectivity index (χ4n) is 4.38. The van der Waals surface area contributed by atoms with Crippen molar-refractivity contribution in [3.63, 3.8) is 0 Å². The number of hydrogen-bond donors (Lipinski definition) is 1. The Morgan fingerprint density at radius 3 is 2.69 bits per heavy atom. The number of rotatable bonds is 4. The zero-order chi connectivity index (χ0) is 20.8. The molecule has 3 aliphatic heterocycles. The molecular formula is C20H27N3O4S2. The van der Waals surface area contributed by atoms with E-state index in [2.05, 4.69) is 5.32 Å². The maximum atomic E-state index is 13.0. The molecule has 3 fully saturated rings. The van der Waals surface area contributed by atoms with Crippen LogP contribution in [0, 0.1) is 6.92 Å². The van der Waals surface area contributed by atoms with Crippen LogP contribution in [-0.2, 0) is 19.6 Å². The standard InChI is InChI=1S/C20H27N3O4S2/c1-14-6-7-15(29(26,27)22-10-4-3-5-11-22)12-16(14)21-19(25)17-13-28-20(2)9-8-18(24)23(17)20/h6-7,12,17H,3-5,8-11,13H2,1-2H3,(H,21,25)/t17-,20-/m1/s1. The van der Waals surface area contributed by atoms with E-state index in [4.69, 9.17) is 0 Å². The Balaban J connectivity index is 1.56. The summed E-state index contributed by atoms with van der Waals surface area (Å²) in [6, 6.07) is 4.34. The van der Waals surface area contributed by atoms with Gasteiger partial charge in [0.1, 0.15) is 6.04 Å². The van der Waals surface area contributed by atoms with Gasteiger partial charge in [-0.15, -0.1) is 11.8 Å². The van der Waals surface area contributed by atoms with E-state index in [1.165, 1.54) is 4.31 Å². The molecule has 4 rings (SSSR count). The number of carbonyl (C=O) groups is 2. The molecule has 0 aromatic heterocycles. The molecule has 0 saturated carbocycles. The number of anilines is 1. The van der Waals surface area contributed by atoms with Crippen LogP contribution in [0.3, 0.4) is 0 Å². The van der Waals surface area contributed by atoms with Crippen molar-refractivity contribution in [2.45, 2.75) is 61.8 Å². The minimum Gasteiger partial charge on any atom is -0.324 e. The van der Waals surface area contributed by atoms with Gasteiger partial charge in [0.2, 0.25) is 21.8 Å². The topological polar surface area (TPSA) is 86.8 Å². The highest BCUT2D eigenvalue weighted by Crippen LogP contribution is 2.47. The summed E-state index contributed by atoms with van der Waals surface area (Å²) in [5, 5.41) is 2.89. The quantitative estimate of drug-likeness (QED) is 0.782. The van der Waals surface area contributed by atoms with Gasteiger partial charge < -0.3 is 10.2 Å². The second-order valence-electron chi connectivity index (χ2n) is 8.20. The molecule has 1 aromatic rings. The van der Waals surface area contributed by atoms with Crippen LogP contribution in [0.1, 0.15) is 44.6 Å². The first-order valence-electron chi connectivity index (χ1n) is 10.1. The fraction of sp³-hybridized carbons (Fsp3) is 0.600. The van der Waals surface area contributed by atoms with Gasteiger partial charge >= 0.3 is 0 Å². The largest absolute Gasteiger partial charge is 0.324 e. The average molecular weight is 438 g/mol. The maximum absolute atomic E-state index is 13.0. The number of nitrogens with one attached hydrogen (secondary N) is 1. The van der Waals surface area contributed by atoms with Crippen LogP contribution >= 0.6 is 11.8 Å². The monoisotopic (exact) mass is 437 g/mol. The number of piperidine rings is 1. The number of sulfonamides is 1. The van der Waals surface area contributed by atoms with Gasteiger partial charge in [-0.05, 0) is 50.8 Å². The Bertz CT molecular complexity index is 943. The van der Waals surface area contributed by atoms with Crippen LogP contribution < -0.4 is 5.32 Å². The third-order valence-corrected chi connectivity index (χ3v) is 9.57. The predicted octanol–water partition coefficient (Wildman–Crippen LogP) is 2.56. The number of hydrogen-bond acceptors (Lipinski definition) is 5. The van der Waals surface area contributed by atoms with Gasteiger partial charge in [0.15, 0.2) is 0 Å².